The number of amides is 1. The van der Waals surface area contributed by atoms with Gasteiger partial charge in [0, 0.05) is 13.0 Å². The number of hydrogen-bond acceptors (Lipinski definition) is 3. The van der Waals surface area contributed by atoms with Gasteiger partial charge in [0.05, 0.1) is 25.2 Å². The van der Waals surface area contributed by atoms with E-state index in [1.54, 1.807) is 4.90 Å². The van der Waals surface area contributed by atoms with Crippen molar-refractivity contribution in [3.05, 3.63) is 0 Å². The van der Waals surface area contributed by atoms with Crippen LogP contribution in [0, 0.1) is 5.41 Å². The van der Waals surface area contributed by atoms with Gasteiger partial charge in [-0.05, 0) is 19.3 Å². The molecule has 2 atom stereocenters. The Bertz CT molecular complexity index is 327. The number of carbonyl (C=O) groups excluding carboxylic acids is 1. The molecule has 0 aromatic carbocycles. The molecule has 0 spiro atoms. The fourth-order valence-corrected chi connectivity index (χ4v) is 2.23. The first-order valence-electron chi connectivity index (χ1n) is 6.34. The first kappa shape index (κ1) is 15.0. The van der Waals surface area contributed by atoms with Crippen LogP contribution in [0.15, 0.2) is 0 Å². The molecule has 0 aromatic heterocycles. The van der Waals surface area contributed by atoms with Crippen molar-refractivity contribution in [1.82, 2.24) is 4.90 Å². The topological polar surface area (TPSA) is 66.8 Å². The Balaban J connectivity index is 2.61. The molecule has 1 amide bonds. The normalized spacial score (nSPS) is 25.0. The van der Waals surface area contributed by atoms with E-state index in [9.17, 15) is 9.59 Å². The number of rotatable bonds is 4. The van der Waals surface area contributed by atoms with Crippen LogP contribution in [0.3, 0.4) is 0 Å². The van der Waals surface area contributed by atoms with E-state index in [1.165, 1.54) is 0 Å². The lowest BCUT2D eigenvalue weighted by atomic mass is 9.85. The Morgan fingerprint density at radius 1 is 1.33 bits per heavy atom. The zero-order valence-corrected chi connectivity index (χ0v) is 11.6. The van der Waals surface area contributed by atoms with Crippen LogP contribution in [0.5, 0.6) is 0 Å². The number of hydrogen-bond donors (Lipinski definition) is 1. The minimum absolute atomic E-state index is 0.00696. The number of ether oxygens (including phenoxy) is 1. The first-order chi connectivity index (χ1) is 8.21. The highest BCUT2D eigenvalue weighted by Crippen LogP contribution is 2.27. The van der Waals surface area contributed by atoms with Gasteiger partial charge in [-0.1, -0.05) is 13.8 Å². The highest BCUT2D eigenvalue weighted by atomic mass is 16.5. The number of morpholine rings is 1. The summed E-state index contributed by atoms with van der Waals surface area (Å²) in [5.74, 6) is -0.847. The number of nitrogens with zero attached hydrogens (tertiary/aromatic N) is 1. The third-order valence-electron chi connectivity index (χ3n) is 3.19. The Morgan fingerprint density at radius 3 is 2.50 bits per heavy atom. The van der Waals surface area contributed by atoms with E-state index in [1.807, 2.05) is 27.7 Å². The zero-order valence-electron chi connectivity index (χ0n) is 11.6. The van der Waals surface area contributed by atoms with E-state index in [0.717, 1.165) is 0 Å². The predicted molar refractivity (Wildman–Crippen MR) is 67.2 cm³/mol. The van der Waals surface area contributed by atoms with Crippen LogP contribution in [0.25, 0.3) is 0 Å². The summed E-state index contributed by atoms with van der Waals surface area (Å²) < 4.78 is 5.48. The molecule has 18 heavy (non-hydrogen) atoms. The van der Waals surface area contributed by atoms with Crippen molar-refractivity contribution in [2.24, 2.45) is 5.41 Å². The molecular weight excluding hydrogens is 234 g/mol. The number of aliphatic carboxylic acids is 1. The Hall–Kier alpha value is -1.10. The zero-order chi connectivity index (χ0) is 13.9. The number of carboxylic acid groups (broad SMARTS) is 1. The molecule has 1 fully saturated rings. The molecule has 104 valence electrons. The first-order valence-corrected chi connectivity index (χ1v) is 6.34. The maximum atomic E-state index is 12.2. The summed E-state index contributed by atoms with van der Waals surface area (Å²) in [6.07, 6.45) is 0.316. The lowest BCUT2D eigenvalue weighted by Gasteiger charge is -2.38. The van der Waals surface area contributed by atoms with Crippen LogP contribution in [0.2, 0.25) is 0 Å². The van der Waals surface area contributed by atoms with E-state index < -0.39 is 11.4 Å². The highest BCUT2D eigenvalue weighted by molar-refractivity contribution is 5.78. The quantitative estimate of drug-likeness (QED) is 0.829. The summed E-state index contributed by atoms with van der Waals surface area (Å²) in [5.41, 5.74) is -0.510. The second-order valence-electron chi connectivity index (χ2n) is 5.95. The average Bonchev–Trinajstić information content (AvgIpc) is 2.18. The van der Waals surface area contributed by atoms with Crippen molar-refractivity contribution in [3.8, 4) is 0 Å². The monoisotopic (exact) mass is 257 g/mol. The molecule has 5 nitrogen and oxygen atoms in total. The number of carboxylic acids is 1. The number of carbonyl (C=O) groups is 2. The maximum Gasteiger partial charge on any atom is 0.303 e. The van der Waals surface area contributed by atoms with Crippen LogP contribution in [0.4, 0.5) is 0 Å². The van der Waals surface area contributed by atoms with E-state index >= 15 is 0 Å². The van der Waals surface area contributed by atoms with Gasteiger partial charge < -0.3 is 14.7 Å². The van der Waals surface area contributed by atoms with E-state index in [-0.39, 0.29) is 30.9 Å². The highest BCUT2D eigenvalue weighted by Gasteiger charge is 2.32. The van der Waals surface area contributed by atoms with Gasteiger partial charge in [-0.25, -0.2) is 0 Å². The molecule has 0 radical (unpaired) electrons. The van der Waals surface area contributed by atoms with Crippen LogP contribution >= 0.6 is 0 Å². The summed E-state index contributed by atoms with van der Waals surface area (Å²) in [6.45, 7) is 8.65. The molecule has 1 aliphatic heterocycles. The smallest absolute Gasteiger partial charge is 0.303 e. The van der Waals surface area contributed by atoms with Crippen molar-refractivity contribution in [3.63, 3.8) is 0 Å². The van der Waals surface area contributed by atoms with E-state index in [0.29, 0.717) is 13.2 Å². The minimum atomic E-state index is -0.865. The molecule has 1 heterocycles. The summed E-state index contributed by atoms with van der Waals surface area (Å²) in [7, 11) is 0. The Labute approximate surface area is 108 Å². The van der Waals surface area contributed by atoms with Gasteiger partial charge in [-0.3, -0.25) is 9.59 Å². The lowest BCUT2D eigenvalue weighted by molar-refractivity contribution is -0.146. The SMILES string of the molecule is CC1CN(C(=O)CC(C)(C)CC(=O)O)C(C)CO1. The second-order valence-corrected chi connectivity index (χ2v) is 5.95. The molecule has 5 heteroatoms. The summed E-state index contributed by atoms with van der Waals surface area (Å²) in [5, 5.41) is 8.82. The molecule has 1 saturated heterocycles. The van der Waals surface area contributed by atoms with Crippen LogP contribution in [0.1, 0.15) is 40.5 Å². The van der Waals surface area contributed by atoms with Gasteiger partial charge in [-0.15, -0.1) is 0 Å². The predicted octanol–water partition coefficient (Wildman–Crippen LogP) is 1.51. The second kappa shape index (κ2) is 5.69. The van der Waals surface area contributed by atoms with Gasteiger partial charge in [0.1, 0.15) is 0 Å². The molecule has 1 rings (SSSR count). The van der Waals surface area contributed by atoms with Gasteiger partial charge in [-0.2, -0.15) is 0 Å². The van der Waals surface area contributed by atoms with Crippen molar-refractivity contribution < 1.29 is 19.4 Å². The molecular formula is C13H23NO4. The molecule has 0 bridgehead atoms. The average molecular weight is 257 g/mol. The molecule has 0 aliphatic carbocycles. The summed E-state index contributed by atoms with van der Waals surface area (Å²) in [4.78, 5) is 24.8. The van der Waals surface area contributed by atoms with Gasteiger partial charge in [0.2, 0.25) is 5.91 Å². The standard InChI is InChI=1S/C13H23NO4/c1-9-8-18-10(2)7-14(9)11(15)5-13(3,4)6-12(16)17/h9-10H,5-8H2,1-4H3,(H,16,17). The minimum Gasteiger partial charge on any atom is -0.481 e. The van der Waals surface area contributed by atoms with Crippen molar-refractivity contribution in [1.29, 1.82) is 0 Å². The van der Waals surface area contributed by atoms with Crippen molar-refractivity contribution in [2.75, 3.05) is 13.2 Å². The summed E-state index contributed by atoms with van der Waals surface area (Å²) in [6, 6.07) is 0.0642. The maximum absolute atomic E-state index is 12.2. The van der Waals surface area contributed by atoms with Gasteiger partial charge in [0.15, 0.2) is 0 Å². The fourth-order valence-electron chi connectivity index (χ4n) is 2.23. The Kier molecular flexibility index (Phi) is 4.73. The van der Waals surface area contributed by atoms with Crippen molar-refractivity contribution >= 4 is 11.9 Å². The van der Waals surface area contributed by atoms with Crippen molar-refractivity contribution in [2.45, 2.75) is 52.7 Å². The molecule has 0 saturated carbocycles. The molecule has 1 aliphatic rings. The molecule has 0 aromatic rings. The molecule has 2 unspecified atom stereocenters. The third kappa shape index (κ3) is 4.29. The van der Waals surface area contributed by atoms with Crippen LogP contribution < -0.4 is 0 Å². The van der Waals surface area contributed by atoms with Gasteiger partial charge >= 0.3 is 5.97 Å². The van der Waals surface area contributed by atoms with E-state index in [4.69, 9.17) is 9.84 Å². The van der Waals surface area contributed by atoms with Gasteiger partial charge in [0.25, 0.3) is 0 Å². The molecule has 1 N–H and O–H groups in total. The summed E-state index contributed by atoms with van der Waals surface area (Å²) >= 11 is 0. The lowest BCUT2D eigenvalue weighted by Crippen LogP contribution is -2.51. The van der Waals surface area contributed by atoms with E-state index in [2.05, 4.69) is 0 Å². The third-order valence-corrected chi connectivity index (χ3v) is 3.19. The van der Waals surface area contributed by atoms with Crippen LogP contribution in [-0.4, -0.2) is 47.2 Å². The largest absolute Gasteiger partial charge is 0.481 e. The fraction of sp³-hybridized carbons (Fsp3) is 0.846. The Morgan fingerprint density at radius 2 is 1.94 bits per heavy atom. The van der Waals surface area contributed by atoms with Crippen LogP contribution in [-0.2, 0) is 14.3 Å².